The van der Waals surface area contributed by atoms with Crippen LogP contribution in [0, 0.1) is 17.0 Å². The van der Waals surface area contributed by atoms with Crippen molar-refractivity contribution in [3.05, 3.63) is 69.8 Å². The highest BCUT2D eigenvalue weighted by Gasteiger charge is 2.31. The van der Waals surface area contributed by atoms with Gasteiger partial charge >= 0.3 is 0 Å². The van der Waals surface area contributed by atoms with E-state index in [0.717, 1.165) is 9.87 Å². The number of nitro groups is 1. The fourth-order valence-electron chi connectivity index (χ4n) is 2.25. The molecule has 0 fully saturated rings. The van der Waals surface area contributed by atoms with Crippen molar-refractivity contribution >= 4 is 37.5 Å². The van der Waals surface area contributed by atoms with Crippen molar-refractivity contribution in [2.24, 2.45) is 0 Å². The molecule has 0 radical (unpaired) electrons. The van der Waals surface area contributed by atoms with Crippen LogP contribution in [-0.4, -0.2) is 28.4 Å². The molecule has 2 aromatic carbocycles. The molecular formula is C17H17BrN2O5S. The zero-order chi connectivity index (χ0) is 19.5. The van der Waals surface area contributed by atoms with Gasteiger partial charge in [-0.25, -0.2) is 12.7 Å². The molecule has 0 bridgehead atoms. The van der Waals surface area contributed by atoms with E-state index in [2.05, 4.69) is 15.9 Å². The van der Waals surface area contributed by atoms with Gasteiger partial charge in [-0.1, -0.05) is 45.8 Å². The van der Waals surface area contributed by atoms with Gasteiger partial charge in [-0.3, -0.25) is 14.9 Å². The number of carbonyl (C=O) groups excluding carboxylic acids is 1. The van der Waals surface area contributed by atoms with Gasteiger partial charge in [0.2, 0.25) is 5.91 Å². The van der Waals surface area contributed by atoms with E-state index in [0.29, 0.717) is 5.56 Å². The van der Waals surface area contributed by atoms with E-state index in [4.69, 9.17) is 0 Å². The Balaban J connectivity index is 2.47. The average molecular weight is 441 g/mol. The molecule has 0 aliphatic heterocycles. The molecule has 26 heavy (non-hydrogen) atoms. The first-order valence-electron chi connectivity index (χ1n) is 7.63. The first-order valence-corrected chi connectivity index (χ1v) is 9.99. The van der Waals surface area contributed by atoms with Crippen LogP contribution >= 0.6 is 15.9 Å². The van der Waals surface area contributed by atoms with E-state index < -0.39 is 25.7 Å². The lowest BCUT2D eigenvalue weighted by Crippen LogP contribution is -2.39. The summed E-state index contributed by atoms with van der Waals surface area (Å²) < 4.78 is 26.7. The average Bonchev–Trinajstić information content (AvgIpc) is 2.59. The summed E-state index contributed by atoms with van der Waals surface area (Å²) in [6.45, 7) is 3.04. The molecule has 0 heterocycles. The molecular weight excluding hydrogens is 424 g/mol. The van der Waals surface area contributed by atoms with Gasteiger partial charge in [0.15, 0.2) is 0 Å². The van der Waals surface area contributed by atoms with Crippen molar-refractivity contribution < 1.29 is 18.1 Å². The first kappa shape index (κ1) is 20.1. The molecule has 0 spiro atoms. The third-order valence-electron chi connectivity index (χ3n) is 3.64. The van der Waals surface area contributed by atoms with Gasteiger partial charge in [-0.2, -0.15) is 0 Å². The van der Waals surface area contributed by atoms with Crippen LogP contribution in [0.2, 0.25) is 0 Å². The number of sulfonamides is 1. The second kappa shape index (κ2) is 7.96. The molecule has 0 aliphatic rings. The fraction of sp³-hybridized carbons (Fsp3) is 0.235. The normalized spacial score (nSPS) is 12.4. The predicted octanol–water partition coefficient (Wildman–Crippen LogP) is 3.40. The van der Waals surface area contributed by atoms with E-state index in [1.165, 1.54) is 43.3 Å². The predicted molar refractivity (Wildman–Crippen MR) is 100 cm³/mol. The number of carbonyl (C=O) groups is 1. The topological polar surface area (TPSA) is 97.6 Å². The van der Waals surface area contributed by atoms with E-state index in [1.807, 2.05) is 6.92 Å². The van der Waals surface area contributed by atoms with Gasteiger partial charge in [-0.15, -0.1) is 0 Å². The molecule has 7 nitrogen and oxygen atoms in total. The molecule has 1 unspecified atom stereocenters. The second-order valence-electron chi connectivity index (χ2n) is 5.71. The third-order valence-corrected chi connectivity index (χ3v) is 5.79. The standard InChI is InChI=1S/C17H17BrN2O5S/c1-12-6-8-16(9-7-12)26(24,25)19(17(21)13(2)18)11-14-4-3-5-15(10-14)20(22)23/h3-10,13H,11H2,1-2H3. The maximum absolute atomic E-state index is 13.0. The number of amides is 1. The molecule has 0 aromatic heterocycles. The van der Waals surface area contributed by atoms with E-state index >= 15 is 0 Å². The van der Waals surface area contributed by atoms with Crippen molar-refractivity contribution in [2.75, 3.05) is 0 Å². The maximum Gasteiger partial charge on any atom is 0.269 e. The van der Waals surface area contributed by atoms with E-state index in [9.17, 15) is 23.3 Å². The Labute approximate surface area is 160 Å². The quantitative estimate of drug-likeness (QED) is 0.389. The molecule has 1 amide bonds. The van der Waals surface area contributed by atoms with Gasteiger partial charge in [0.1, 0.15) is 0 Å². The number of hydrogen-bond acceptors (Lipinski definition) is 5. The van der Waals surface area contributed by atoms with Crippen molar-refractivity contribution in [3.8, 4) is 0 Å². The molecule has 0 N–H and O–H groups in total. The summed E-state index contributed by atoms with van der Waals surface area (Å²) in [5, 5.41) is 10.9. The Morgan fingerprint density at radius 2 is 1.85 bits per heavy atom. The lowest BCUT2D eigenvalue weighted by atomic mass is 10.2. The number of nitrogens with zero attached hydrogens (tertiary/aromatic N) is 2. The fourth-order valence-corrected chi connectivity index (χ4v) is 4.08. The highest BCUT2D eigenvalue weighted by molar-refractivity contribution is 9.10. The molecule has 0 saturated carbocycles. The Hall–Kier alpha value is -2.26. The highest BCUT2D eigenvalue weighted by atomic mass is 79.9. The largest absolute Gasteiger partial charge is 0.272 e. The van der Waals surface area contributed by atoms with E-state index in [-0.39, 0.29) is 17.1 Å². The van der Waals surface area contributed by atoms with Gasteiger partial charge in [0, 0.05) is 12.1 Å². The number of hydrogen-bond donors (Lipinski definition) is 0. The first-order chi connectivity index (χ1) is 12.1. The van der Waals surface area contributed by atoms with Crippen LogP contribution in [0.25, 0.3) is 0 Å². The van der Waals surface area contributed by atoms with Gasteiger partial charge in [0.05, 0.1) is 21.2 Å². The summed E-state index contributed by atoms with van der Waals surface area (Å²) in [6, 6.07) is 11.7. The lowest BCUT2D eigenvalue weighted by molar-refractivity contribution is -0.384. The summed E-state index contributed by atoms with van der Waals surface area (Å²) in [5.41, 5.74) is 1.06. The Kier molecular flexibility index (Phi) is 6.14. The molecule has 138 valence electrons. The minimum Gasteiger partial charge on any atom is -0.272 e. The van der Waals surface area contributed by atoms with Crippen LogP contribution in [0.4, 0.5) is 5.69 Å². The third kappa shape index (κ3) is 4.47. The van der Waals surface area contributed by atoms with Crippen LogP contribution in [0.1, 0.15) is 18.1 Å². The zero-order valence-corrected chi connectivity index (χ0v) is 16.5. The molecule has 2 aromatic rings. The lowest BCUT2D eigenvalue weighted by Gasteiger charge is -2.24. The van der Waals surface area contributed by atoms with Crippen LogP contribution in [0.3, 0.4) is 0 Å². The highest BCUT2D eigenvalue weighted by Crippen LogP contribution is 2.23. The monoisotopic (exact) mass is 440 g/mol. The van der Waals surface area contributed by atoms with Crippen molar-refractivity contribution in [2.45, 2.75) is 30.1 Å². The zero-order valence-electron chi connectivity index (χ0n) is 14.1. The number of halogens is 1. The van der Waals surface area contributed by atoms with Crippen molar-refractivity contribution in [1.82, 2.24) is 4.31 Å². The van der Waals surface area contributed by atoms with Gasteiger partial charge < -0.3 is 0 Å². The number of alkyl halides is 1. The summed E-state index contributed by atoms with van der Waals surface area (Å²) in [5.74, 6) is -0.655. The van der Waals surface area contributed by atoms with Crippen LogP contribution in [-0.2, 0) is 21.4 Å². The summed E-state index contributed by atoms with van der Waals surface area (Å²) in [7, 11) is -4.11. The van der Waals surface area contributed by atoms with Gasteiger partial charge in [-0.05, 0) is 31.5 Å². The summed E-state index contributed by atoms with van der Waals surface area (Å²) in [4.78, 5) is 22.1. The number of aryl methyl sites for hydroxylation is 1. The Morgan fingerprint density at radius 3 is 2.38 bits per heavy atom. The van der Waals surface area contributed by atoms with Crippen LogP contribution < -0.4 is 0 Å². The second-order valence-corrected chi connectivity index (χ2v) is 8.94. The van der Waals surface area contributed by atoms with Crippen LogP contribution in [0.15, 0.2) is 53.4 Å². The SMILES string of the molecule is Cc1ccc(S(=O)(=O)N(Cc2cccc([N+](=O)[O-])c2)C(=O)C(C)Br)cc1. The Morgan fingerprint density at radius 1 is 1.23 bits per heavy atom. The Bertz CT molecular complexity index is 926. The van der Waals surface area contributed by atoms with Crippen molar-refractivity contribution in [1.29, 1.82) is 0 Å². The number of non-ortho nitro benzene ring substituents is 1. The minimum atomic E-state index is -4.11. The van der Waals surface area contributed by atoms with E-state index in [1.54, 1.807) is 12.1 Å². The summed E-state index contributed by atoms with van der Waals surface area (Å²) >= 11 is 3.10. The molecule has 0 saturated heterocycles. The van der Waals surface area contributed by atoms with Crippen molar-refractivity contribution in [3.63, 3.8) is 0 Å². The maximum atomic E-state index is 13.0. The molecule has 1 atom stereocenters. The molecule has 2 rings (SSSR count). The molecule has 9 heteroatoms. The smallest absolute Gasteiger partial charge is 0.269 e. The summed E-state index contributed by atoms with van der Waals surface area (Å²) in [6.07, 6.45) is 0. The van der Waals surface area contributed by atoms with Crippen LogP contribution in [0.5, 0.6) is 0 Å². The number of rotatable bonds is 6. The number of nitro benzene ring substituents is 1. The minimum absolute atomic E-state index is 0.0185. The number of benzene rings is 2. The molecule has 0 aliphatic carbocycles. The van der Waals surface area contributed by atoms with Gasteiger partial charge in [0.25, 0.3) is 15.7 Å².